The minimum absolute atomic E-state index is 0.199. The first-order valence-electron chi connectivity index (χ1n) is 6.31. The Morgan fingerprint density at radius 2 is 2.19 bits per heavy atom. The second kappa shape index (κ2) is 6.30. The van der Waals surface area contributed by atoms with Crippen molar-refractivity contribution in [2.75, 3.05) is 6.54 Å². The number of carbonyl (C=O) groups excluding carboxylic acids is 1. The summed E-state index contributed by atoms with van der Waals surface area (Å²) in [6, 6.07) is 4.67. The van der Waals surface area contributed by atoms with Gasteiger partial charge in [0.15, 0.2) is 5.69 Å². The molecule has 0 aliphatic rings. The zero-order valence-electron chi connectivity index (χ0n) is 11.3. The molecule has 0 radical (unpaired) electrons. The molecule has 4 nitrogen and oxygen atoms in total. The van der Waals surface area contributed by atoms with Crippen molar-refractivity contribution >= 4 is 17.2 Å². The normalized spacial score (nSPS) is 11.6. The van der Waals surface area contributed by atoms with Gasteiger partial charge in [-0.15, -0.1) is 11.3 Å². The van der Waals surface area contributed by atoms with Crippen molar-refractivity contribution in [3.63, 3.8) is 0 Å². The Hall–Kier alpha value is -1.83. The highest BCUT2D eigenvalue weighted by Gasteiger charge is 2.33. The predicted molar refractivity (Wildman–Crippen MR) is 72.6 cm³/mol. The van der Waals surface area contributed by atoms with Gasteiger partial charge in [0.25, 0.3) is 0 Å². The lowest BCUT2D eigenvalue weighted by atomic mass is 10.4. The number of hydrogen-bond donors (Lipinski definition) is 0. The molecular weight excluding hydrogens is 303 g/mol. The Labute approximate surface area is 123 Å². The zero-order chi connectivity index (χ0) is 15.5. The molecule has 2 aromatic heterocycles. The van der Waals surface area contributed by atoms with E-state index in [1.165, 1.54) is 17.5 Å². The summed E-state index contributed by atoms with van der Waals surface area (Å²) < 4.78 is 38.4. The van der Waals surface area contributed by atoms with E-state index in [4.69, 9.17) is 0 Å². The van der Waals surface area contributed by atoms with Gasteiger partial charge in [0.05, 0.1) is 6.54 Å². The number of rotatable bonds is 5. The molecule has 1 amide bonds. The maximum Gasteiger partial charge on any atom is 0.435 e. The number of amides is 1. The van der Waals surface area contributed by atoms with E-state index in [0.717, 1.165) is 15.6 Å². The first-order valence-corrected chi connectivity index (χ1v) is 7.19. The monoisotopic (exact) mass is 317 g/mol. The third-order valence-electron chi connectivity index (χ3n) is 2.89. The van der Waals surface area contributed by atoms with Crippen LogP contribution in [0.25, 0.3) is 0 Å². The fourth-order valence-corrected chi connectivity index (χ4v) is 2.53. The van der Waals surface area contributed by atoms with Gasteiger partial charge in [-0.1, -0.05) is 6.07 Å². The van der Waals surface area contributed by atoms with Gasteiger partial charge in [-0.25, -0.2) is 0 Å². The fourth-order valence-electron chi connectivity index (χ4n) is 1.81. The quantitative estimate of drug-likeness (QED) is 0.850. The molecule has 0 saturated heterocycles. The van der Waals surface area contributed by atoms with Crippen LogP contribution >= 0.6 is 11.3 Å². The number of thiophene rings is 1. The number of alkyl halides is 3. The largest absolute Gasteiger partial charge is 0.435 e. The van der Waals surface area contributed by atoms with Crippen LogP contribution in [0, 0.1) is 0 Å². The number of aromatic nitrogens is 2. The van der Waals surface area contributed by atoms with Gasteiger partial charge in [0.2, 0.25) is 5.91 Å². The van der Waals surface area contributed by atoms with Crippen molar-refractivity contribution < 1.29 is 18.0 Å². The Kier molecular flexibility index (Phi) is 4.66. The lowest BCUT2D eigenvalue weighted by Crippen LogP contribution is -2.33. The van der Waals surface area contributed by atoms with Gasteiger partial charge in [0, 0.05) is 17.6 Å². The molecule has 0 N–H and O–H groups in total. The Balaban J connectivity index is 2.00. The molecular formula is C13H14F3N3OS. The van der Waals surface area contributed by atoms with Crippen LogP contribution in [0.15, 0.2) is 29.8 Å². The highest BCUT2D eigenvalue weighted by Crippen LogP contribution is 2.27. The summed E-state index contributed by atoms with van der Waals surface area (Å²) >= 11 is 1.53. The average molecular weight is 317 g/mol. The molecule has 21 heavy (non-hydrogen) atoms. The zero-order valence-corrected chi connectivity index (χ0v) is 12.1. The number of halogens is 3. The molecule has 0 fully saturated rings. The van der Waals surface area contributed by atoms with Crippen LogP contribution in [0.1, 0.15) is 17.5 Å². The lowest BCUT2D eigenvalue weighted by molar-refractivity contribution is -0.142. The SMILES string of the molecule is CCN(Cc1cccs1)C(=O)Cn1ccc(C(F)(F)F)n1. The summed E-state index contributed by atoms with van der Waals surface area (Å²) in [5, 5.41) is 5.30. The van der Waals surface area contributed by atoms with E-state index in [1.54, 1.807) is 4.90 Å². The van der Waals surface area contributed by atoms with E-state index in [9.17, 15) is 18.0 Å². The Bertz CT molecular complexity index is 592. The first kappa shape index (κ1) is 15.6. The first-order chi connectivity index (χ1) is 9.90. The lowest BCUT2D eigenvalue weighted by Gasteiger charge is -2.20. The van der Waals surface area contributed by atoms with Crippen molar-refractivity contribution in [3.8, 4) is 0 Å². The van der Waals surface area contributed by atoms with Crippen molar-refractivity contribution in [2.45, 2.75) is 26.2 Å². The van der Waals surface area contributed by atoms with Gasteiger partial charge in [-0.05, 0) is 24.4 Å². The van der Waals surface area contributed by atoms with E-state index in [-0.39, 0.29) is 12.5 Å². The molecule has 114 valence electrons. The number of nitrogens with zero attached hydrogens (tertiary/aromatic N) is 3. The maximum atomic E-state index is 12.4. The minimum atomic E-state index is -4.49. The molecule has 0 atom stereocenters. The second-order valence-corrected chi connectivity index (χ2v) is 5.42. The molecule has 2 aromatic rings. The van der Waals surface area contributed by atoms with Crippen molar-refractivity contribution in [2.24, 2.45) is 0 Å². The minimum Gasteiger partial charge on any atom is -0.336 e. The maximum absolute atomic E-state index is 12.4. The molecule has 0 bridgehead atoms. The smallest absolute Gasteiger partial charge is 0.336 e. The average Bonchev–Trinajstić information content (AvgIpc) is 3.05. The molecule has 2 rings (SSSR count). The van der Waals surface area contributed by atoms with E-state index in [0.29, 0.717) is 13.1 Å². The van der Waals surface area contributed by atoms with Crippen molar-refractivity contribution in [3.05, 3.63) is 40.3 Å². The molecule has 2 heterocycles. The van der Waals surface area contributed by atoms with Crippen LogP contribution in [0.4, 0.5) is 13.2 Å². The van der Waals surface area contributed by atoms with Crippen LogP contribution in [-0.2, 0) is 24.1 Å². The van der Waals surface area contributed by atoms with Crippen LogP contribution in [0.5, 0.6) is 0 Å². The highest BCUT2D eigenvalue weighted by atomic mass is 32.1. The van der Waals surface area contributed by atoms with Gasteiger partial charge in [0.1, 0.15) is 6.54 Å². The van der Waals surface area contributed by atoms with Crippen LogP contribution in [0.3, 0.4) is 0 Å². The third-order valence-corrected chi connectivity index (χ3v) is 3.75. The number of hydrogen-bond acceptors (Lipinski definition) is 3. The van der Waals surface area contributed by atoms with Crippen molar-refractivity contribution in [1.29, 1.82) is 0 Å². The molecule has 0 aliphatic heterocycles. The van der Waals surface area contributed by atoms with Gasteiger partial charge in [-0.2, -0.15) is 18.3 Å². The van der Waals surface area contributed by atoms with Gasteiger partial charge in [-0.3, -0.25) is 9.48 Å². The van der Waals surface area contributed by atoms with Crippen molar-refractivity contribution in [1.82, 2.24) is 14.7 Å². The molecule has 0 aromatic carbocycles. The molecule has 0 saturated carbocycles. The topological polar surface area (TPSA) is 38.1 Å². The fraction of sp³-hybridized carbons (Fsp3) is 0.385. The van der Waals surface area contributed by atoms with E-state index in [1.807, 2.05) is 24.4 Å². The second-order valence-electron chi connectivity index (χ2n) is 4.38. The summed E-state index contributed by atoms with van der Waals surface area (Å²) in [6.45, 7) is 2.58. The van der Waals surface area contributed by atoms with E-state index >= 15 is 0 Å². The third kappa shape index (κ3) is 4.07. The summed E-state index contributed by atoms with van der Waals surface area (Å²) in [7, 11) is 0. The number of likely N-dealkylation sites (N-methyl/N-ethyl adjacent to an activating group) is 1. The summed E-state index contributed by atoms with van der Waals surface area (Å²) in [6.07, 6.45) is -3.32. The molecule has 0 spiro atoms. The Morgan fingerprint density at radius 3 is 2.71 bits per heavy atom. The summed E-state index contributed by atoms with van der Waals surface area (Å²) in [4.78, 5) is 14.7. The van der Waals surface area contributed by atoms with Crippen LogP contribution < -0.4 is 0 Å². The van der Waals surface area contributed by atoms with E-state index < -0.39 is 11.9 Å². The van der Waals surface area contributed by atoms with Crippen LogP contribution in [-0.4, -0.2) is 27.1 Å². The van der Waals surface area contributed by atoms with E-state index in [2.05, 4.69) is 5.10 Å². The molecule has 0 unspecified atom stereocenters. The van der Waals surface area contributed by atoms with Crippen LogP contribution in [0.2, 0.25) is 0 Å². The standard InChI is InChI=1S/C13H14F3N3OS/c1-2-18(8-10-4-3-7-21-10)12(20)9-19-6-5-11(17-19)13(14,15)16/h3-7H,2,8-9H2,1H3. The highest BCUT2D eigenvalue weighted by molar-refractivity contribution is 7.09. The Morgan fingerprint density at radius 1 is 1.43 bits per heavy atom. The predicted octanol–water partition coefficient (Wildman–Crippen LogP) is 3.01. The molecule has 0 aliphatic carbocycles. The molecule has 8 heteroatoms. The number of carbonyl (C=O) groups is 1. The van der Waals surface area contributed by atoms with Gasteiger partial charge >= 0.3 is 6.18 Å². The van der Waals surface area contributed by atoms with Gasteiger partial charge < -0.3 is 4.90 Å². The summed E-state index contributed by atoms with van der Waals surface area (Å²) in [5.41, 5.74) is -0.989. The summed E-state index contributed by atoms with van der Waals surface area (Å²) in [5.74, 6) is -0.261.